The van der Waals surface area contributed by atoms with Crippen molar-refractivity contribution in [1.29, 1.82) is 0 Å². The first-order chi connectivity index (χ1) is 9.61. The number of hydrogen-bond acceptors (Lipinski definition) is 1. The van der Waals surface area contributed by atoms with Gasteiger partial charge < -0.3 is 5.32 Å². The van der Waals surface area contributed by atoms with Crippen molar-refractivity contribution < 1.29 is 4.39 Å². The molecule has 2 aromatic carbocycles. The van der Waals surface area contributed by atoms with Gasteiger partial charge in [-0.25, -0.2) is 4.39 Å². The summed E-state index contributed by atoms with van der Waals surface area (Å²) in [5.74, 6) is 0.0683. The summed E-state index contributed by atoms with van der Waals surface area (Å²) in [6.07, 6.45) is 0.669. The van der Waals surface area contributed by atoms with Crippen LogP contribution in [-0.4, -0.2) is 13.6 Å². The zero-order valence-corrected chi connectivity index (χ0v) is 14.3. The van der Waals surface area contributed by atoms with Gasteiger partial charge in [-0.1, -0.05) is 56.1 Å². The lowest BCUT2D eigenvalue weighted by molar-refractivity contribution is 0.573. The van der Waals surface area contributed by atoms with E-state index in [1.807, 2.05) is 37.4 Å². The van der Waals surface area contributed by atoms with E-state index in [4.69, 9.17) is 0 Å². The molecule has 0 radical (unpaired) electrons. The topological polar surface area (TPSA) is 12.0 Å². The first-order valence-electron chi connectivity index (χ1n) is 6.44. The molecule has 0 spiro atoms. The van der Waals surface area contributed by atoms with Crippen LogP contribution in [-0.2, 0) is 6.42 Å². The molecular formula is C16H16Br2FN. The molecule has 0 saturated carbocycles. The molecule has 0 heterocycles. The summed E-state index contributed by atoms with van der Waals surface area (Å²) in [6, 6.07) is 13.4. The maximum absolute atomic E-state index is 14.0. The zero-order valence-electron chi connectivity index (χ0n) is 11.2. The summed E-state index contributed by atoms with van der Waals surface area (Å²) < 4.78 is 15.8. The van der Waals surface area contributed by atoms with Crippen LogP contribution < -0.4 is 5.32 Å². The van der Waals surface area contributed by atoms with Gasteiger partial charge in [-0.2, -0.15) is 0 Å². The van der Waals surface area contributed by atoms with Crippen molar-refractivity contribution in [2.24, 2.45) is 0 Å². The van der Waals surface area contributed by atoms with Crippen LogP contribution in [0, 0.1) is 5.82 Å². The lowest BCUT2D eigenvalue weighted by Crippen LogP contribution is -2.20. The molecule has 1 nitrogen and oxygen atoms in total. The van der Waals surface area contributed by atoms with Gasteiger partial charge in [-0.3, -0.25) is 0 Å². The predicted molar refractivity (Wildman–Crippen MR) is 88.6 cm³/mol. The molecule has 0 aliphatic carbocycles. The summed E-state index contributed by atoms with van der Waals surface area (Å²) in [5, 5.41) is 3.19. The van der Waals surface area contributed by atoms with Gasteiger partial charge in [-0.15, -0.1) is 0 Å². The zero-order chi connectivity index (χ0) is 14.5. The van der Waals surface area contributed by atoms with E-state index in [0.717, 1.165) is 21.1 Å². The van der Waals surface area contributed by atoms with Gasteiger partial charge in [0, 0.05) is 21.4 Å². The molecule has 1 N–H and O–H groups in total. The Morgan fingerprint density at radius 3 is 2.55 bits per heavy atom. The molecule has 1 unspecified atom stereocenters. The summed E-state index contributed by atoms with van der Waals surface area (Å²) in [7, 11) is 1.92. The van der Waals surface area contributed by atoms with Gasteiger partial charge in [0.25, 0.3) is 0 Å². The van der Waals surface area contributed by atoms with E-state index in [1.54, 1.807) is 0 Å². The molecule has 0 amide bonds. The van der Waals surface area contributed by atoms with Gasteiger partial charge in [0.1, 0.15) is 5.82 Å². The monoisotopic (exact) mass is 399 g/mol. The Morgan fingerprint density at radius 2 is 1.90 bits per heavy atom. The smallest absolute Gasteiger partial charge is 0.127 e. The second kappa shape index (κ2) is 7.34. The highest BCUT2D eigenvalue weighted by molar-refractivity contribution is 9.10. The predicted octanol–water partition coefficient (Wildman–Crippen LogP) is 4.90. The van der Waals surface area contributed by atoms with E-state index in [-0.39, 0.29) is 11.7 Å². The maximum atomic E-state index is 14.0. The Kier molecular flexibility index (Phi) is 5.75. The molecule has 0 aliphatic heterocycles. The normalized spacial score (nSPS) is 12.4. The maximum Gasteiger partial charge on any atom is 0.127 e. The molecule has 0 aromatic heterocycles. The van der Waals surface area contributed by atoms with E-state index in [0.29, 0.717) is 6.42 Å². The van der Waals surface area contributed by atoms with Gasteiger partial charge >= 0.3 is 0 Å². The molecule has 4 heteroatoms. The van der Waals surface area contributed by atoms with Crippen molar-refractivity contribution in [1.82, 2.24) is 5.32 Å². The van der Waals surface area contributed by atoms with Crippen LogP contribution in [0.1, 0.15) is 17.0 Å². The lowest BCUT2D eigenvalue weighted by Gasteiger charge is -2.19. The Morgan fingerprint density at radius 1 is 1.15 bits per heavy atom. The molecule has 0 fully saturated rings. The highest BCUT2D eigenvalue weighted by atomic mass is 79.9. The van der Waals surface area contributed by atoms with Crippen molar-refractivity contribution >= 4 is 31.9 Å². The molecule has 2 rings (SSSR count). The fourth-order valence-corrected chi connectivity index (χ4v) is 3.24. The number of halogens is 3. The lowest BCUT2D eigenvalue weighted by atomic mass is 9.91. The number of hydrogen-bond donors (Lipinski definition) is 1. The van der Waals surface area contributed by atoms with E-state index in [2.05, 4.69) is 43.2 Å². The molecule has 2 aromatic rings. The minimum Gasteiger partial charge on any atom is -0.319 e. The third-order valence-corrected chi connectivity index (χ3v) is 4.49. The molecule has 1 atom stereocenters. The van der Waals surface area contributed by atoms with Crippen LogP contribution in [0.3, 0.4) is 0 Å². The molecule has 106 valence electrons. The van der Waals surface area contributed by atoms with E-state index >= 15 is 0 Å². The largest absolute Gasteiger partial charge is 0.319 e. The summed E-state index contributed by atoms with van der Waals surface area (Å²) >= 11 is 6.87. The first kappa shape index (κ1) is 15.7. The van der Waals surface area contributed by atoms with Crippen LogP contribution >= 0.6 is 31.9 Å². The minimum absolute atomic E-state index is 0.160. The SMILES string of the molecule is CNCC(Cc1ccc(Br)cc1F)c1ccccc1Br. The van der Waals surface area contributed by atoms with Gasteiger partial charge in [0.05, 0.1) is 0 Å². The van der Waals surface area contributed by atoms with Crippen molar-refractivity contribution in [2.75, 3.05) is 13.6 Å². The average Bonchev–Trinajstić information content (AvgIpc) is 2.42. The Bertz CT molecular complexity index is 586. The molecule has 20 heavy (non-hydrogen) atoms. The second-order valence-electron chi connectivity index (χ2n) is 4.72. The van der Waals surface area contributed by atoms with Crippen LogP contribution in [0.4, 0.5) is 4.39 Å². The van der Waals surface area contributed by atoms with Gasteiger partial charge in [0.2, 0.25) is 0 Å². The van der Waals surface area contributed by atoms with E-state index in [1.165, 1.54) is 11.6 Å². The number of likely N-dealkylation sites (N-methyl/N-ethyl adjacent to an activating group) is 1. The number of nitrogens with one attached hydrogen (secondary N) is 1. The van der Waals surface area contributed by atoms with Crippen LogP contribution in [0.2, 0.25) is 0 Å². The van der Waals surface area contributed by atoms with E-state index in [9.17, 15) is 4.39 Å². The summed E-state index contributed by atoms with van der Waals surface area (Å²) in [6.45, 7) is 0.804. The van der Waals surface area contributed by atoms with Crippen LogP contribution in [0.15, 0.2) is 51.4 Å². The Hall–Kier alpha value is -0.710. The Labute approximate surface area is 135 Å². The Balaban J connectivity index is 2.28. The van der Waals surface area contributed by atoms with Gasteiger partial charge in [-0.05, 0) is 42.8 Å². The summed E-state index contributed by atoms with van der Waals surface area (Å²) in [4.78, 5) is 0. The van der Waals surface area contributed by atoms with Crippen molar-refractivity contribution in [3.63, 3.8) is 0 Å². The quantitative estimate of drug-likeness (QED) is 0.752. The third kappa shape index (κ3) is 3.90. The van der Waals surface area contributed by atoms with Crippen molar-refractivity contribution in [2.45, 2.75) is 12.3 Å². The van der Waals surface area contributed by atoms with Gasteiger partial charge in [0.15, 0.2) is 0 Å². The summed E-state index contributed by atoms with van der Waals surface area (Å²) in [5.41, 5.74) is 1.94. The molecule has 0 bridgehead atoms. The van der Waals surface area contributed by atoms with Crippen molar-refractivity contribution in [3.8, 4) is 0 Å². The average molecular weight is 401 g/mol. The fourth-order valence-electron chi connectivity index (χ4n) is 2.30. The van der Waals surface area contributed by atoms with Crippen LogP contribution in [0.5, 0.6) is 0 Å². The highest BCUT2D eigenvalue weighted by Crippen LogP contribution is 2.28. The van der Waals surface area contributed by atoms with E-state index < -0.39 is 0 Å². The number of benzene rings is 2. The van der Waals surface area contributed by atoms with Crippen molar-refractivity contribution in [3.05, 3.63) is 68.4 Å². The third-order valence-electron chi connectivity index (χ3n) is 3.28. The molecule has 0 saturated heterocycles. The number of rotatable bonds is 5. The standard InChI is InChI=1S/C16H16Br2FN/c1-20-10-12(14-4-2-3-5-15(14)18)8-11-6-7-13(17)9-16(11)19/h2-7,9,12,20H,8,10H2,1H3. The second-order valence-corrected chi connectivity index (χ2v) is 6.49. The minimum atomic E-state index is -0.160. The molecular weight excluding hydrogens is 385 g/mol. The molecule has 0 aliphatic rings. The fraction of sp³-hybridized carbons (Fsp3) is 0.250. The first-order valence-corrected chi connectivity index (χ1v) is 8.03. The van der Waals surface area contributed by atoms with Crippen LogP contribution in [0.25, 0.3) is 0 Å². The highest BCUT2D eigenvalue weighted by Gasteiger charge is 2.16.